The largest absolute Gasteiger partial charge is 0.479 e. The molecule has 3 amide bonds. The van der Waals surface area contributed by atoms with E-state index in [9.17, 15) is 24.3 Å². The molecule has 3 rings (SSSR count). The van der Waals surface area contributed by atoms with E-state index in [4.69, 9.17) is 9.84 Å². The molecule has 2 unspecified atom stereocenters. The van der Waals surface area contributed by atoms with E-state index in [0.29, 0.717) is 18.6 Å². The Balaban J connectivity index is 1.61. The highest BCUT2D eigenvalue weighted by atomic mass is 32.2. The fourth-order valence-electron chi connectivity index (χ4n) is 3.97. The van der Waals surface area contributed by atoms with Gasteiger partial charge in [-0.1, -0.05) is 67.1 Å². The Kier molecular flexibility index (Phi) is 11.4. The average Bonchev–Trinajstić information content (AvgIpc) is 3.43. The first-order valence-corrected chi connectivity index (χ1v) is 13.6. The van der Waals surface area contributed by atoms with E-state index >= 15 is 0 Å². The lowest BCUT2D eigenvalue weighted by molar-refractivity contribution is -0.147. The minimum atomic E-state index is -1.74. The summed E-state index contributed by atoms with van der Waals surface area (Å²) in [5.41, 5.74) is 1.99. The number of thioether (sulfide) groups is 1. The smallest absolute Gasteiger partial charge is 0.408 e. The maximum absolute atomic E-state index is 13.5. The molecule has 3 atom stereocenters. The van der Waals surface area contributed by atoms with Crippen LogP contribution >= 0.6 is 11.8 Å². The maximum atomic E-state index is 13.5. The molecule has 0 saturated carbocycles. The maximum Gasteiger partial charge on any atom is 0.408 e. The van der Waals surface area contributed by atoms with Crippen LogP contribution in [0.1, 0.15) is 30.4 Å². The number of carbonyl (C=O) groups excluding carboxylic acids is 3. The summed E-state index contributed by atoms with van der Waals surface area (Å²) in [5, 5.41) is 23.3. The summed E-state index contributed by atoms with van der Waals surface area (Å²) in [4.78, 5) is 51.0. The summed E-state index contributed by atoms with van der Waals surface area (Å²) in [7, 11) is 0. The van der Waals surface area contributed by atoms with Gasteiger partial charge in [0.1, 0.15) is 18.7 Å². The summed E-state index contributed by atoms with van der Waals surface area (Å²) in [5.74, 6) is -1.85. The molecule has 0 radical (unpaired) electrons. The Morgan fingerprint density at radius 2 is 1.66 bits per heavy atom. The van der Waals surface area contributed by atoms with E-state index in [1.54, 1.807) is 0 Å². The number of aliphatic hydroxyl groups is 1. The van der Waals surface area contributed by atoms with Gasteiger partial charge < -0.3 is 30.5 Å². The Bertz CT molecular complexity index is 1070. The first-order valence-electron chi connectivity index (χ1n) is 12.4. The molecule has 2 aromatic carbocycles. The van der Waals surface area contributed by atoms with Gasteiger partial charge in [0, 0.05) is 5.75 Å². The lowest BCUT2D eigenvalue weighted by Crippen LogP contribution is -2.55. The van der Waals surface area contributed by atoms with E-state index in [0.717, 1.165) is 18.4 Å². The van der Waals surface area contributed by atoms with E-state index in [1.165, 1.54) is 22.2 Å². The number of aliphatic hydroxyl groups excluding tert-OH is 1. The molecule has 10 nitrogen and oxygen atoms in total. The van der Waals surface area contributed by atoms with Crippen LogP contribution in [0.3, 0.4) is 0 Å². The fourth-order valence-corrected chi connectivity index (χ4v) is 5.13. The monoisotopic (exact) mass is 543 g/mol. The van der Waals surface area contributed by atoms with Crippen LogP contribution in [0, 0.1) is 0 Å². The van der Waals surface area contributed by atoms with Crippen molar-refractivity contribution in [2.75, 3.05) is 18.2 Å². The van der Waals surface area contributed by atoms with Gasteiger partial charge in [0.2, 0.25) is 11.8 Å². The second kappa shape index (κ2) is 15.0. The Hall–Kier alpha value is -3.57. The van der Waals surface area contributed by atoms with Gasteiger partial charge in [-0.2, -0.15) is 0 Å². The van der Waals surface area contributed by atoms with Crippen LogP contribution in [0.4, 0.5) is 4.79 Å². The highest BCUT2D eigenvalue weighted by Gasteiger charge is 2.38. The van der Waals surface area contributed by atoms with Crippen LogP contribution in [0.5, 0.6) is 0 Å². The number of nitrogens with one attached hydrogen (secondary N) is 2. The zero-order valence-corrected chi connectivity index (χ0v) is 21.8. The molecule has 1 saturated heterocycles. The van der Waals surface area contributed by atoms with Crippen LogP contribution in [0.15, 0.2) is 60.7 Å². The molecule has 38 heavy (non-hydrogen) atoms. The predicted molar refractivity (Wildman–Crippen MR) is 142 cm³/mol. The van der Waals surface area contributed by atoms with Crippen molar-refractivity contribution in [3.8, 4) is 0 Å². The number of carboxylic acid groups (broad SMARTS) is 1. The third-order valence-electron chi connectivity index (χ3n) is 6.08. The molecule has 0 spiro atoms. The van der Waals surface area contributed by atoms with Crippen LogP contribution in [0.25, 0.3) is 0 Å². The summed E-state index contributed by atoms with van der Waals surface area (Å²) in [6, 6.07) is 17.4. The molecule has 0 bridgehead atoms. The Morgan fingerprint density at radius 1 is 1.00 bits per heavy atom. The summed E-state index contributed by atoms with van der Waals surface area (Å²) in [6.45, 7) is -0.414. The zero-order chi connectivity index (χ0) is 27.3. The topological polar surface area (TPSA) is 145 Å². The van der Waals surface area contributed by atoms with Crippen LogP contribution in [0.2, 0.25) is 0 Å². The third-order valence-corrected chi connectivity index (χ3v) is 7.09. The van der Waals surface area contributed by atoms with Crippen LogP contribution < -0.4 is 10.6 Å². The SMILES string of the molecule is O=C(NC(CCCCc1ccccc1)C(=O)N1CSC[C@H]1C(=O)NCC(O)C(=O)O)OCc1ccccc1. The molecule has 0 aliphatic carbocycles. The molecular weight excluding hydrogens is 510 g/mol. The predicted octanol–water partition coefficient (Wildman–Crippen LogP) is 2.16. The highest BCUT2D eigenvalue weighted by molar-refractivity contribution is 7.99. The minimum absolute atomic E-state index is 0.0537. The number of carbonyl (C=O) groups is 4. The lowest BCUT2D eigenvalue weighted by atomic mass is 10.0. The van der Waals surface area contributed by atoms with Gasteiger partial charge in [0.05, 0.1) is 12.4 Å². The first-order chi connectivity index (χ1) is 18.3. The van der Waals surface area contributed by atoms with Gasteiger partial charge in [0.25, 0.3) is 0 Å². The lowest BCUT2D eigenvalue weighted by Gasteiger charge is -2.28. The van der Waals surface area contributed by atoms with Crippen molar-refractivity contribution in [3.63, 3.8) is 0 Å². The van der Waals surface area contributed by atoms with Crippen LogP contribution in [-0.4, -0.2) is 75.4 Å². The number of unbranched alkanes of at least 4 members (excludes halogenated alkanes) is 1. The normalized spacial score (nSPS) is 16.3. The molecular formula is C27H33N3O7S. The van der Waals surface area contributed by atoms with Crippen molar-refractivity contribution in [1.82, 2.24) is 15.5 Å². The number of carboxylic acids is 1. The van der Waals surface area contributed by atoms with Crippen molar-refractivity contribution >= 4 is 35.6 Å². The second-order valence-corrected chi connectivity index (χ2v) is 9.91. The van der Waals surface area contributed by atoms with E-state index in [1.807, 2.05) is 60.7 Å². The number of rotatable bonds is 13. The average molecular weight is 544 g/mol. The van der Waals surface area contributed by atoms with Crippen LogP contribution in [-0.2, 0) is 32.1 Å². The molecule has 4 N–H and O–H groups in total. The number of hydrogen-bond acceptors (Lipinski definition) is 7. The molecule has 1 aliphatic rings. The number of hydrogen-bond donors (Lipinski definition) is 4. The molecule has 0 aromatic heterocycles. The van der Waals surface area contributed by atoms with E-state index in [2.05, 4.69) is 10.6 Å². The first kappa shape index (κ1) is 29.0. The van der Waals surface area contributed by atoms with E-state index < -0.39 is 48.6 Å². The Labute approximate surface area is 225 Å². The number of aryl methyl sites for hydroxylation is 1. The summed E-state index contributed by atoms with van der Waals surface area (Å²) < 4.78 is 5.32. The number of aliphatic carboxylic acids is 1. The molecule has 1 aliphatic heterocycles. The fraction of sp³-hybridized carbons (Fsp3) is 0.407. The second-order valence-electron chi connectivity index (χ2n) is 8.91. The quantitative estimate of drug-likeness (QED) is 0.281. The van der Waals surface area contributed by atoms with Crippen molar-refractivity contribution < 1.29 is 34.1 Å². The molecule has 1 heterocycles. The third kappa shape index (κ3) is 9.07. The zero-order valence-electron chi connectivity index (χ0n) is 21.0. The standard InChI is InChI=1S/C27H33N3O7S/c31-23(26(34)35)15-28-24(32)22-17-38-18-30(22)25(33)21(14-8-7-11-19-9-3-1-4-10-19)29-27(36)37-16-20-12-5-2-6-13-20/h1-6,9-10,12-13,21-23,31H,7-8,11,14-18H2,(H,28,32)(H,29,36)(H,34,35)/t21?,22-,23?/m0/s1. The van der Waals surface area contributed by atoms with E-state index in [-0.39, 0.29) is 12.5 Å². The van der Waals surface area contributed by atoms with Crippen molar-refractivity contribution in [2.45, 2.75) is 50.5 Å². The number of ether oxygens (including phenoxy) is 1. The van der Waals surface area contributed by atoms with Crippen molar-refractivity contribution in [1.29, 1.82) is 0 Å². The highest BCUT2D eigenvalue weighted by Crippen LogP contribution is 2.23. The number of nitrogens with zero attached hydrogens (tertiary/aromatic N) is 1. The number of alkyl carbamates (subject to hydrolysis) is 1. The molecule has 2 aromatic rings. The minimum Gasteiger partial charge on any atom is -0.479 e. The summed E-state index contributed by atoms with van der Waals surface area (Å²) in [6.07, 6.45) is 0.187. The van der Waals surface area contributed by atoms with Gasteiger partial charge >= 0.3 is 12.1 Å². The molecule has 1 fully saturated rings. The van der Waals surface area contributed by atoms with Gasteiger partial charge in [-0.05, 0) is 30.4 Å². The van der Waals surface area contributed by atoms with Gasteiger partial charge in [-0.25, -0.2) is 9.59 Å². The van der Waals surface area contributed by atoms with Crippen molar-refractivity contribution in [2.24, 2.45) is 0 Å². The van der Waals surface area contributed by atoms with Gasteiger partial charge in [-0.3, -0.25) is 9.59 Å². The van der Waals surface area contributed by atoms with Crippen molar-refractivity contribution in [3.05, 3.63) is 71.8 Å². The summed E-state index contributed by atoms with van der Waals surface area (Å²) >= 11 is 1.38. The van der Waals surface area contributed by atoms with Gasteiger partial charge in [0.15, 0.2) is 6.10 Å². The number of amides is 3. The molecule has 204 valence electrons. The Morgan fingerprint density at radius 3 is 2.32 bits per heavy atom. The number of benzene rings is 2. The van der Waals surface area contributed by atoms with Gasteiger partial charge in [-0.15, -0.1) is 11.8 Å². The molecule has 11 heteroatoms.